The zero-order valence-electron chi connectivity index (χ0n) is 28.5. The topological polar surface area (TPSA) is 147 Å². The Morgan fingerprint density at radius 2 is 0.932 bits per heavy atom. The first-order chi connectivity index (χ1) is 20.8. The maximum atomic E-state index is 12.6. The largest absolute Gasteiger partial charge is 0.454 e. The van der Waals surface area contributed by atoms with Crippen LogP contribution in [0.2, 0.25) is 0 Å². The van der Waals surface area contributed by atoms with E-state index < -0.39 is 24.4 Å². The molecule has 8 atom stereocenters. The Balaban J connectivity index is 1.98. The molecule has 6 unspecified atom stereocenters. The van der Waals surface area contributed by atoms with E-state index in [4.69, 9.17) is 18.9 Å². The van der Waals surface area contributed by atoms with Crippen molar-refractivity contribution >= 4 is 23.9 Å². The number of carbonyl (C=O) groups is 4. The Hall–Kier alpha value is -2.28. The first-order valence-corrected chi connectivity index (χ1v) is 16.7. The zero-order valence-corrected chi connectivity index (χ0v) is 28.5. The Kier molecular flexibility index (Phi) is 16.6. The van der Waals surface area contributed by atoms with Gasteiger partial charge in [0.1, 0.15) is 24.4 Å². The quantitative estimate of drug-likeness (QED) is 0.0981. The van der Waals surface area contributed by atoms with E-state index >= 15 is 0 Å². The molecule has 0 aromatic heterocycles. The highest BCUT2D eigenvalue weighted by Crippen LogP contribution is 2.38. The first kappa shape index (κ1) is 37.9. The number of esters is 4. The van der Waals surface area contributed by atoms with Gasteiger partial charge in [-0.15, -0.1) is 0 Å². The highest BCUT2D eigenvalue weighted by atomic mass is 16.6. The van der Waals surface area contributed by atoms with Gasteiger partial charge in [0.25, 0.3) is 0 Å². The third-order valence-electron chi connectivity index (χ3n) is 8.93. The summed E-state index contributed by atoms with van der Waals surface area (Å²) in [5.41, 5.74) is 0. The van der Waals surface area contributed by atoms with E-state index in [0.717, 1.165) is 35.5 Å². The minimum Gasteiger partial charge on any atom is -0.454 e. The monoisotopic (exact) mass is 630 g/mol. The lowest BCUT2D eigenvalue weighted by Crippen LogP contribution is -3.06. The van der Waals surface area contributed by atoms with Crippen molar-refractivity contribution in [3.63, 3.8) is 0 Å². The summed E-state index contributed by atoms with van der Waals surface area (Å²) >= 11 is 0. The van der Waals surface area contributed by atoms with E-state index in [0.29, 0.717) is 49.4 Å². The number of rotatable bonds is 17. The third-order valence-corrected chi connectivity index (χ3v) is 8.93. The second kappa shape index (κ2) is 19.3. The summed E-state index contributed by atoms with van der Waals surface area (Å²) in [7, 11) is 11.3. The smallest absolute Gasteiger partial charge is 0.362 e. The van der Waals surface area contributed by atoms with Crippen LogP contribution in [0.4, 0.5) is 0 Å². The van der Waals surface area contributed by atoms with Gasteiger partial charge in [-0.25, -0.2) is 19.2 Å². The molecule has 0 saturated heterocycles. The Morgan fingerprint density at radius 1 is 0.591 bits per heavy atom. The molecule has 0 aromatic rings. The first-order valence-electron chi connectivity index (χ1n) is 16.7. The number of nitrogens with one attached hydrogen (secondary N) is 2. The zero-order chi connectivity index (χ0) is 32.8. The number of carbonyl (C=O) groups excluding carboxylic acids is 4. The number of hydrogen-bond acceptors (Lipinski definition) is 8. The minimum atomic E-state index is -0.427. The highest BCUT2D eigenvalue weighted by Gasteiger charge is 2.39. The van der Waals surface area contributed by atoms with Crippen molar-refractivity contribution in [2.45, 2.75) is 89.6 Å². The standard InChI is InChI=1S/C32H58N4O8/c1-21(13-23-9-11-25(41-29(37)17-33-3)27(15-23)43-30(38)18-34-4)22(2)14-24-10-12-26(42-31(39)19-35(5)6)28(16-24)44-32(40)20-36(7)8/h21-28,33-34H,9-20H2,1-8H3/p+4/t21-,22+,23?,24?,25?,26?,27?,28?/m0/s1. The predicted octanol–water partition coefficient (Wildman–Crippen LogP) is -3.04. The molecule has 2 saturated carbocycles. The lowest BCUT2D eigenvalue weighted by molar-refractivity contribution is -0.850. The average Bonchev–Trinajstić information content (AvgIpc) is 2.91. The van der Waals surface area contributed by atoms with Gasteiger partial charge in [-0.1, -0.05) is 13.8 Å². The number of hydrogen-bond donors (Lipinski definition) is 4. The summed E-state index contributed by atoms with van der Waals surface area (Å²) in [5.74, 6) is 0.523. The fraction of sp³-hybridized carbons (Fsp3) is 0.875. The maximum Gasteiger partial charge on any atom is 0.362 e. The van der Waals surface area contributed by atoms with Crippen LogP contribution >= 0.6 is 0 Å². The van der Waals surface area contributed by atoms with Gasteiger partial charge in [0.05, 0.1) is 42.3 Å². The van der Waals surface area contributed by atoms with Crippen molar-refractivity contribution in [2.75, 3.05) is 68.5 Å². The van der Waals surface area contributed by atoms with Gasteiger partial charge in [-0.05, 0) is 75.0 Å². The van der Waals surface area contributed by atoms with Crippen molar-refractivity contribution in [1.29, 1.82) is 0 Å². The van der Waals surface area contributed by atoms with Gasteiger partial charge in [0.15, 0.2) is 26.2 Å². The van der Waals surface area contributed by atoms with Crippen LogP contribution in [0.3, 0.4) is 0 Å². The minimum absolute atomic E-state index is 0.239. The Morgan fingerprint density at radius 3 is 1.30 bits per heavy atom. The summed E-state index contributed by atoms with van der Waals surface area (Å²) < 4.78 is 23.2. The van der Waals surface area contributed by atoms with Crippen molar-refractivity contribution in [3.05, 3.63) is 0 Å². The van der Waals surface area contributed by atoms with Crippen LogP contribution in [0.1, 0.15) is 65.2 Å². The molecule has 0 heterocycles. The van der Waals surface area contributed by atoms with Crippen LogP contribution in [0, 0.1) is 23.7 Å². The van der Waals surface area contributed by atoms with Gasteiger partial charge in [-0.3, -0.25) is 0 Å². The second-order valence-corrected chi connectivity index (χ2v) is 13.9. The van der Waals surface area contributed by atoms with Crippen LogP contribution < -0.4 is 20.4 Å². The molecule has 6 N–H and O–H groups in total. The Labute approximate surface area is 264 Å². The van der Waals surface area contributed by atoms with Crippen molar-refractivity contribution in [3.8, 4) is 0 Å². The molecule has 2 rings (SSSR count). The molecule has 0 radical (unpaired) electrons. The molecule has 0 spiro atoms. The molecule has 2 fully saturated rings. The van der Waals surface area contributed by atoms with E-state index in [1.54, 1.807) is 10.6 Å². The van der Waals surface area contributed by atoms with Gasteiger partial charge in [0, 0.05) is 0 Å². The number of quaternary nitrogens is 4. The molecule has 44 heavy (non-hydrogen) atoms. The summed E-state index contributed by atoms with van der Waals surface area (Å²) in [6.45, 7) is 5.60. The number of nitrogens with two attached hydrogens (primary N) is 2. The molecule has 0 amide bonds. The molecule has 0 aliphatic heterocycles. The van der Waals surface area contributed by atoms with Crippen LogP contribution in [0.15, 0.2) is 0 Å². The van der Waals surface area contributed by atoms with E-state index in [2.05, 4.69) is 13.8 Å². The van der Waals surface area contributed by atoms with E-state index in [9.17, 15) is 19.2 Å². The average molecular weight is 631 g/mol. The molecule has 2 aliphatic rings. The van der Waals surface area contributed by atoms with E-state index in [-0.39, 0.29) is 50.1 Å². The predicted molar refractivity (Wildman–Crippen MR) is 163 cm³/mol. The SMILES string of the molecule is C[NH2+]CC(=O)OC1CCC(C[C@H](C)[C@H](C)CC2CCC(OC(=O)C[NH+](C)C)C(OC(=O)C[NH+](C)C)C2)CC1OC(=O)C[NH2+]C. The maximum absolute atomic E-state index is 12.6. The molecule has 2 aliphatic carbocycles. The van der Waals surface area contributed by atoms with Crippen molar-refractivity contribution in [1.82, 2.24) is 0 Å². The second-order valence-electron chi connectivity index (χ2n) is 13.9. The molecule has 0 bridgehead atoms. The fourth-order valence-corrected chi connectivity index (χ4v) is 6.60. The lowest BCUT2D eigenvalue weighted by Gasteiger charge is -2.38. The molecular weight excluding hydrogens is 568 g/mol. The summed E-state index contributed by atoms with van der Waals surface area (Å²) in [4.78, 5) is 51.5. The molecule has 254 valence electrons. The fourth-order valence-electron chi connectivity index (χ4n) is 6.60. The lowest BCUT2D eigenvalue weighted by atomic mass is 9.73. The molecular formula is C32H62N4O8+4. The summed E-state index contributed by atoms with van der Waals surface area (Å²) in [6, 6.07) is 0. The van der Waals surface area contributed by atoms with Gasteiger partial charge in [-0.2, -0.15) is 0 Å². The molecule has 12 nitrogen and oxygen atoms in total. The Bertz CT molecular complexity index is 917. The highest BCUT2D eigenvalue weighted by molar-refractivity contribution is 5.72. The molecule has 12 heteroatoms. The van der Waals surface area contributed by atoms with Gasteiger partial charge in [0.2, 0.25) is 0 Å². The normalized spacial score (nSPS) is 27.0. The van der Waals surface area contributed by atoms with Gasteiger partial charge >= 0.3 is 23.9 Å². The molecule has 0 aromatic carbocycles. The van der Waals surface area contributed by atoms with Crippen molar-refractivity contribution < 1.29 is 58.6 Å². The summed E-state index contributed by atoms with van der Waals surface area (Å²) in [5, 5.41) is 3.54. The summed E-state index contributed by atoms with van der Waals surface area (Å²) in [6.07, 6.45) is 4.96. The third kappa shape index (κ3) is 13.8. The van der Waals surface area contributed by atoms with Crippen LogP contribution in [0.25, 0.3) is 0 Å². The van der Waals surface area contributed by atoms with E-state index in [1.807, 2.05) is 42.3 Å². The van der Waals surface area contributed by atoms with Crippen LogP contribution in [0.5, 0.6) is 0 Å². The van der Waals surface area contributed by atoms with Crippen LogP contribution in [-0.2, 0) is 38.1 Å². The number of likely N-dealkylation sites (N-methyl/N-ethyl adjacent to an activating group) is 4. The van der Waals surface area contributed by atoms with Crippen LogP contribution in [-0.4, -0.2) is 117 Å². The van der Waals surface area contributed by atoms with E-state index in [1.165, 1.54) is 0 Å². The van der Waals surface area contributed by atoms with Crippen molar-refractivity contribution in [2.24, 2.45) is 23.7 Å². The number of ether oxygens (including phenoxy) is 4. The van der Waals surface area contributed by atoms with Gasteiger partial charge < -0.3 is 39.4 Å².